The van der Waals surface area contributed by atoms with E-state index in [1.54, 1.807) is 0 Å². The van der Waals surface area contributed by atoms with Crippen LogP contribution in [0.5, 0.6) is 0 Å². The fraction of sp³-hybridized carbons (Fsp3) is 0.479. The van der Waals surface area contributed by atoms with Crippen molar-refractivity contribution >= 4 is 36.9 Å². The second kappa shape index (κ2) is 22.5. The van der Waals surface area contributed by atoms with Gasteiger partial charge in [0.05, 0.1) is 43.1 Å². The fourth-order valence-electron chi connectivity index (χ4n) is 7.05. The lowest BCUT2D eigenvalue weighted by Gasteiger charge is -2.51. The lowest BCUT2D eigenvalue weighted by molar-refractivity contribution is -0.348. The Labute approximate surface area is 375 Å². The van der Waals surface area contributed by atoms with Gasteiger partial charge in [-0.05, 0) is 40.4 Å². The number of rotatable bonds is 19. The van der Waals surface area contributed by atoms with E-state index in [-0.39, 0.29) is 31.5 Å². The Morgan fingerprint density at radius 3 is 1.54 bits per heavy atom. The average molecular weight is 969 g/mol. The lowest BCUT2D eigenvalue weighted by atomic mass is 9.97. The minimum absolute atomic E-state index is 0.0649. The summed E-state index contributed by atoms with van der Waals surface area (Å²) in [6, 6.07) is 39.3. The molecule has 0 aromatic heterocycles. The smallest absolute Gasteiger partial charge is 0.302 e. The van der Waals surface area contributed by atoms with Crippen molar-refractivity contribution in [2.45, 2.75) is 131 Å². The molecule has 330 valence electrons. The van der Waals surface area contributed by atoms with Crippen molar-refractivity contribution in [1.29, 1.82) is 0 Å². The maximum absolute atomic E-state index is 12.3. The molecule has 10 atom stereocenters. The van der Waals surface area contributed by atoms with E-state index in [0.29, 0.717) is 13.2 Å². The number of carbonyl (C=O) groups is 1. The number of benzene rings is 4. The first-order valence-corrected chi connectivity index (χ1v) is 25.1. The van der Waals surface area contributed by atoms with Gasteiger partial charge < -0.3 is 47.4 Å². The molecule has 0 amide bonds. The topological polar surface area (TPSA) is 120 Å². The van der Waals surface area contributed by atoms with E-state index in [9.17, 15) is 9.90 Å². The van der Waals surface area contributed by atoms with Crippen LogP contribution >= 0.6 is 22.6 Å². The van der Waals surface area contributed by atoms with Gasteiger partial charge >= 0.3 is 5.97 Å². The van der Waals surface area contributed by atoms with E-state index in [4.69, 9.17) is 42.3 Å². The highest BCUT2D eigenvalue weighted by Crippen LogP contribution is 2.43. The quantitative estimate of drug-likeness (QED) is 0.0422. The number of ether oxygens (including phenoxy) is 8. The van der Waals surface area contributed by atoms with Crippen LogP contribution in [0.2, 0.25) is 18.1 Å². The SMILES string of the molecule is CC(=O)OC[C@H]1O[C@@H](O[C@H]2[C@H](OCc3ccccc3)[C@@H](OCc3ccccc3)[C@@H](O)O[C@@H]2COCc2ccccc2)[C@H](I)[C@@H](O[Si](C)(C)C(C)(C)C)[C@@H]1OCc1ccccc1. The number of aliphatic hydroxyl groups excluding tert-OH is 1. The van der Waals surface area contributed by atoms with Gasteiger partial charge in [0.15, 0.2) is 20.9 Å². The summed E-state index contributed by atoms with van der Waals surface area (Å²) in [6.07, 6.45) is -7.77. The Balaban J connectivity index is 1.36. The van der Waals surface area contributed by atoms with E-state index in [2.05, 4.69) is 56.5 Å². The van der Waals surface area contributed by atoms with Gasteiger partial charge in [-0.2, -0.15) is 0 Å². The summed E-state index contributed by atoms with van der Waals surface area (Å²) in [6.45, 7) is 13.4. The van der Waals surface area contributed by atoms with E-state index >= 15 is 0 Å². The predicted octanol–water partition coefficient (Wildman–Crippen LogP) is 8.54. The highest BCUT2D eigenvalue weighted by molar-refractivity contribution is 14.1. The summed E-state index contributed by atoms with van der Waals surface area (Å²) in [7, 11) is -2.46. The van der Waals surface area contributed by atoms with Crippen molar-refractivity contribution < 1.29 is 52.2 Å². The van der Waals surface area contributed by atoms with Crippen LogP contribution in [0.3, 0.4) is 0 Å². The molecule has 0 unspecified atom stereocenters. The van der Waals surface area contributed by atoms with Gasteiger partial charge in [-0.3, -0.25) is 4.79 Å². The molecule has 2 fully saturated rings. The maximum Gasteiger partial charge on any atom is 0.302 e. The molecule has 0 radical (unpaired) electrons. The molecule has 2 saturated heterocycles. The van der Waals surface area contributed by atoms with Crippen molar-refractivity contribution in [2.75, 3.05) is 13.2 Å². The van der Waals surface area contributed by atoms with Gasteiger partial charge in [0, 0.05) is 6.92 Å². The first-order valence-electron chi connectivity index (χ1n) is 21.0. The van der Waals surface area contributed by atoms with Crippen LogP contribution in [0.15, 0.2) is 121 Å². The molecule has 0 aliphatic carbocycles. The third-order valence-electron chi connectivity index (χ3n) is 11.4. The van der Waals surface area contributed by atoms with Gasteiger partial charge in [0.1, 0.15) is 43.2 Å². The van der Waals surface area contributed by atoms with Gasteiger partial charge in [-0.1, -0.05) is 165 Å². The van der Waals surface area contributed by atoms with Crippen LogP contribution in [0.1, 0.15) is 49.9 Å². The zero-order valence-corrected chi connectivity index (χ0v) is 39.1. The zero-order valence-electron chi connectivity index (χ0n) is 36.0. The molecular weight excluding hydrogens is 908 g/mol. The first-order chi connectivity index (χ1) is 29.3. The summed E-state index contributed by atoms with van der Waals surface area (Å²) in [5.74, 6) is -0.445. The summed E-state index contributed by atoms with van der Waals surface area (Å²) in [5.41, 5.74) is 3.83. The van der Waals surface area contributed by atoms with Crippen LogP contribution in [0.4, 0.5) is 0 Å². The molecule has 1 N–H and O–H groups in total. The molecule has 11 nitrogen and oxygen atoms in total. The summed E-state index contributed by atoms with van der Waals surface area (Å²) < 4.78 is 59.1. The third kappa shape index (κ3) is 13.5. The van der Waals surface area contributed by atoms with Crippen molar-refractivity contribution in [3.63, 3.8) is 0 Å². The van der Waals surface area contributed by atoms with Crippen LogP contribution < -0.4 is 0 Å². The number of aliphatic hydroxyl groups is 1. The molecule has 4 aromatic carbocycles. The molecule has 2 heterocycles. The van der Waals surface area contributed by atoms with Crippen molar-refractivity contribution in [3.05, 3.63) is 144 Å². The number of halogens is 1. The average Bonchev–Trinajstić information content (AvgIpc) is 3.24. The lowest BCUT2D eigenvalue weighted by Crippen LogP contribution is -2.66. The van der Waals surface area contributed by atoms with Crippen LogP contribution in [-0.2, 0) is 73.5 Å². The summed E-state index contributed by atoms with van der Waals surface area (Å²) >= 11 is 2.35. The zero-order chi connectivity index (χ0) is 43.4. The van der Waals surface area contributed by atoms with Gasteiger partial charge in [0.2, 0.25) is 0 Å². The Morgan fingerprint density at radius 2 is 1.07 bits per heavy atom. The first kappa shape index (κ1) is 47.4. The second-order valence-electron chi connectivity index (χ2n) is 17.1. The molecule has 0 bridgehead atoms. The molecule has 6 rings (SSSR count). The Hall–Kier alpha value is -3.06. The summed E-state index contributed by atoms with van der Waals surface area (Å²) in [4.78, 5) is 12.3. The van der Waals surface area contributed by atoms with E-state index in [0.717, 1.165) is 22.3 Å². The Morgan fingerprint density at radius 1 is 0.623 bits per heavy atom. The van der Waals surface area contributed by atoms with Gasteiger partial charge in [-0.15, -0.1) is 0 Å². The molecule has 4 aromatic rings. The van der Waals surface area contributed by atoms with Crippen molar-refractivity contribution in [3.8, 4) is 0 Å². The number of esters is 1. The van der Waals surface area contributed by atoms with E-state index in [1.165, 1.54) is 6.92 Å². The number of hydrogen-bond donors (Lipinski definition) is 1. The highest BCUT2D eigenvalue weighted by Gasteiger charge is 2.55. The minimum Gasteiger partial charge on any atom is -0.463 e. The largest absolute Gasteiger partial charge is 0.463 e. The normalized spacial score (nSPS) is 27.1. The van der Waals surface area contributed by atoms with E-state index in [1.807, 2.05) is 121 Å². The van der Waals surface area contributed by atoms with Crippen LogP contribution in [-0.4, -0.2) is 91.8 Å². The van der Waals surface area contributed by atoms with Gasteiger partial charge in [-0.25, -0.2) is 0 Å². The predicted molar refractivity (Wildman–Crippen MR) is 242 cm³/mol. The Kier molecular flexibility index (Phi) is 17.5. The number of carbonyl (C=O) groups excluding carboxylic acids is 1. The van der Waals surface area contributed by atoms with Crippen molar-refractivity contribution in [1.82, 2.24) is 0 Å². The number of hydrogen-bond acceptors (Lipinski definition) is 11. The molecule has 0 spiro atoms. The standard InChI is InChI=1S/C48H61IO11Si/c1-33(50)53-32-39-41(54-28-35-21-13-8-14-22-35)43(60-61(5,6)48(2,3)4)40(49)47(58-39)59-42-38(31-52-27-34-19-11-7-12-20-34)57-46(51)45(56-30-37-25-17-10-18-26-37)44(42)55-29-36-23-15-9-16-24-36/h7-26,38-47,51H,27-32H2,1-6H3/t38-,39-,40-,41-,42-,43-,44+,45-,46+,47+/m1/s1. The summed E-state index contributed by atoms with van der Waals surface area (Å²) in [5, 5.41) is 11.6. The number of alkyl halides is 1. The Bertz CT molecular complexity index is 1890. The molecule has 2 aliphatic heterocycles. The fourth-order valence-corrected chi connectivity index (χ4v) is 9.53. The maximum atomic E-state index is 12.3. The molecular formula is C48H61IO11Si. The van der Waals surface area contributed by atoms with Crippen LogP contribution in [0.25, 0.3) is 0 Å². The molecule has 0 saturated carbocycles. The third-order valence-corrected chi connectivity index (χ3v) is 17.2. The minimum atomic E-state index is -2.46. The molecule has 13 heteroatoms. The van der Waals surface area contributed by atoms with Crippen LogP contribution in [0, 0.1) is 0 Å². The van der Waals surface area contributed by atoms with E-state index < -0.39 is 73.5 Å². The molecule has 2 aliphatic rings. The second-order valence-corrected chi connectivity index (χ2v) is 23.3. The molecule has 61 heavy (non-hydrogen) atoms. The van der Waals surface area contributed by atoms with Gasteiger partial charge in [0.25, 0.3) is 0 Å². The van der Waals surface area contributed by atoms with Crippen molar-refractivity contribution in [2.24, 2.45) is 0 Å². The monoisotopic (exact) mass is 968 g/mol. The highest BCUT2D eigenvalue weighted by atomic mass is 127.